The van der Waals surface area contributed by atoms with E-state index < -0.39 is 11.8 Å². The molecule has 0 saturated carbocycles. The quantitative estimate of drug-likeness (QED) is 0.344. The van der Waals surface area contributed by atoms with Crippen LogP contribution in [0.25, 0.3) is 0 Å². The lowest BCUT2D eigenvalue weighted by Gasteiger charge is -2.12. The standard InChI is InChI=1S/C23H28N4O4/c1-5-17(4)25-22(29)23(30)27-24-13-18-10-7-11-19(12-18)31-14-20(28)26-21-15(2)8-6-9-16(21)3/h6-13,17H,5,14H2,1-4H3,(H,25,29)(H,26,28)(H,27,30)/b24-13-/t17-/m1/s1. The van der Waals surface area contributed by atoms with Crippen LogP contribution >= 0.6 is 0 Å². The lowest BCUT2D eigenvalue weighted by molar-refractivity contribution is -0.139. The summed E-state index contributed by atoms with van der Waals surface area (Å²) < 4.78 is 5.56. The molecule has 0 aromatic heterocycles. The second-order valence-electron chi connectivity index (χ2n) is 7.16. The van der Waals surface area contributed by atoms with E-state index in [2.05, 4.69) is 21.2 Å². The van der Waals surface area contributed by atoms with Crippen LogP contribution in [0.3, 0.4) is 0 Å². The summed E-state index contributed by atoms with van der Waals surface area (Å²) in [6.45, 7) is 7.42. The van der Waals surface area contributed by atoms with E-state index in [0.717, 1.165) is 23.2 Å². The van der Waals surface area contributed by atoms with E-state index in [1.165, 1.54) is 6.21 Å². The fourth-order valence-electron chi connectivity index (χ4n) is 2.63. The van der Waals surface area contributed by atoms with Crippen LogP contribution in [0, 0.1) is 13.8 Å². The number of aryl methyl sites for hydroxylation is 2. The van der Waals surface area contributed by atoms with Gasteiger partial charge in [-0.15, -0.1) is 0 Å². The van der Waals surface area contributed by atoms with Crippen LogP contribution in [0.15, 0.2) is 47.6 Å². The minimum atomic E-state index is -0.841. The molecule has 0 spiro atoms. The van der Waals surface area contributed by atoms with E-state index in [1.807, 2.05) is 45.9 Å². The van der Waals surface area contributed by atoms with Gasteiger partial charge in [0, 0.05) is 11.7 Å². The lowest BCUT2D eigenvalue weighted by atomic mass is 10.1. The van der Waals surface area contributed by atoms with Gasteiger partial charge in [-0.2, -0.15) is 5.10 Å². The third-order valence-corrected chi connectivity index (χ3v) is 4.55. The Bertz CT molecular complexity index is 952. The summed E-state index contributed by atoms with van der Waals surface area (Å²) in [7, 11) is 0. The zero-order chi connectivity index (χ0) is 22.8. The second kappa shape index (κ2) is 11.5. The number of hydrogen-bond donors (Lipinski definition) is 3. The Kier molecular flexibility index (Phi) is 8.75. The molecule has 31 heavy (non-hydrogen) atoms. The van der Waals surface area contributed by atoms with Crippen LogP contribution in [-0.4, -0.2) is 36.6 Å². The van der Waals surface area contributed by atoms with Crippen molar-refractivity contribution in [2.24, 2.45) is 5.10 Å². The summed E-state index contributed by atoms with van der Waals surface area (Å²) in [4.78, 5) is 35.6. The molecule has 3 amide bonds. The van der Waals surface area contributed by atoms with E-state index in [1.54, 1.807) is 24.3 Å². The van der Waals surface area contributed by atoms with Gasteiger partial charge in [-0.25, -0.2) is 5.43 Å². The SMILES string of the molecule is CC[C@@H](C)NC(=O)C(=O)N/N=C\c1cccc(OCC(=O)Nc2c(C)cccc2C)c1. The molecule has 0 radical (unpaired) electrons. The average Bonchev–Trinajstić information content (AvgIpc) is 2.75. The minimum absolute atomic E-state index is 0.0945. The first-order chi connectivity index (χ1) is 14.8. The number of para-hydroxylation sites is 1. The van der Waals surface area contributed by atoms with Crippen molar-refractivity contribution < 1.29 is 19.1 Å². The molecule has 2 rings (SSSR count). The van der Waals surface area contributed by atoms with Crippen molar-refractivity contribution in [1.29, 1.82) is 0 Å². The number of hydrogen-bond acceptors (Lipinski definition) is 5. The van der Waals surface area contributed by atoms with Crippen molar-refractivity contribution in [3.8, 4) is 5.75 Å². The summed E-state index contributed by atoms with van der Waals surface area (Å²) >= 11 is 0. The first kappa shape index (κ1) is 23.6. The number of benzene rings is 2. The molecule has 8 nitrogen and oxygen atoms in total. The number of ether oxygens (including phenoxy) is 1. The summed E-state index contributed by atoms with van der Waals surface area (Å²) in [6.07, 6.45) is 2.11. The molecule has 8 heteroatoms. The smallest absolute Gasteiger partial charge is 0.329 e. The largest absolute Gasteiger partial charge is 0.484 e. The third-order valence-electron chi connectivity index (χ3n) is 4.55. The first-order valence-electron chi connectivity index (χ1n) is 10.0. The summed E-state index contributed by atoms with van der Waals surface area (Å²) in [5, 5.41) is 9.21. The van der Waals surface area contributed by atoms with Crippen molar-refractivity contribution in [2.75, 3.05) is 11.9 Å². The van der Waals surface area contributed by atoms with Gasteiger partial charge in [0.2, 0.25) is 0 Å². The Morgan fingerprint density at radius 3 is 2.42 bits per heavy atom. The number of amides is 3. The molecule has 0 aliphatic heterocycles. The van der Waals surface area contributed by atoms with Crippen molar-refractivity contribution in [3.63, 3.8) is 0 Å². The molecule has 0 saturated heterocycles. The van der Waals surface area contributed by atoms with E-state index >= 15 is 0 Å². The second-order valence-corrected chi connectivity index (χ2v) is 7.16. The van der Waals surface area contributed by atoms with Crippen LogP contribution in [0.5, 0.6) is 5.75 Å². The van der Waals surface area contributed by atoms with Gasteiger partial charge in [0.15, 0.2) is 6.61 Å². The fourth-order valence-corrected chi connectivity index (χ4v) is 2.63. The van der Waals surface area contributed by atoms with Gasteiger partial charge < -0.3 is 15.4 Å². The van der Waals surface area contributed by atoms with Crippen molar-refractivity contribution in [3.05, 3.63) is 59.2 Å². The fraction of sp³-hybridized carbons (Fsp3) is 0.304. The van der Waals surface area contributed by atoms with Crippen LogP contribution in [-0.2, 0) is 14.4 Å². The van der Waals surface area contributed by atoms with Gasteiger partial charge >= 0.3 is 11.8 Å². The molecule has 164 valence electrons. The zero-order valence-electron chi connectivity index (χ0n) is 18.2. The topological polar surface area (TPSA) is 109 Å². The predicted molar refractivity (Wildman–Crippen MR) is 120 cm³/mol. The molecule has 0 heterocycles. The molecule has 2 aromatic carbocycles. The molecule has 2 aromatic rings. The average molecular weight is 425 g/mol. The molecular weight excluding hydrogens is 396 g/mol. The Morgan fingerprint density at radius 2 is 1.74 bits per heavy atom. The Hall–Kier alpha value is -3.68. The summed E-state index contributed by atoms with van der Waals surface area (Å²) in [5.74, 6) is -1.37. The van der Waals surface area contributed by atoms with Crippen molar-refractivity contribution >= 4 is 29.6 Å². The Balaban J connectivity index is 1.87. The Labute approximate surface area is 182 Å². The van der Waals surface area contributed by atoms with Gasteiger partial charge in [-0.1, -0.05) is 37.3 Å². The first-order valence-corrected chi connectivity index (χ1v) is 10.0. The minimum Gasteiger partial charge on any atom is -0.484 e. The van der Waals surface area contributed by atoms with Gasteiger partial charge in [0.25, 0.3) is 5.91 Å². The lowest BCUT2D eigenvalue weighted by Crippen LogP contribution is -2.41. The van der Waals surface area contributed by atoms with E-state index in [9.17, 15) is 14.4 Å². The molecule has 1 atom stereocenters. The van der Waals surface area contributed by atoms with Gasteiger partial charge in [0.1, 0.15) is 5.75 Å². The highest BCUT2D eigenvalue weighted by atomic mass is 16.5. The van der Waals surface area contributed by atoms with Gasteiger partial charge in [-0.3, -0.25) is 14.4 Å². The van der Waals surface area contributed by atoms with Crippen LogP contribution in [0.4, 0.5) is 5.69 Å². The van der Waals surface area contributed by atoms with Crippen LogP contribution < -0.4 is 20.8 Å². The number of carbonyl (C=O) groups excluding carboxylic acids is 3. The molecular formula is C23H28N4O4. The summed E-state index contributed by atoms with van der Waals surface area (Å²) in [5.41, 5.74) is 5.55. The molecule has 0 aliphatic rings. The third kappa shape index (κ3) is 7.58. The number of anilines is 1. The van der Waals surface area contributed by atoms with Crippen molar-refractivity contribution in [1.82, 2.24) is 10.7 Å². The van der Waals surface area contributed by atoms with Crippen LogP contribution in [0.2, 0.25) is 0 Å². The maximum atomic E-state index is 12.2. The number of rotatable bonds is 8. The maximum Gasteiger partial charge on any atom is 0.329 e. The highest BCUT2D eigenvalue weighted by molar-refractivity contribution is 6.35. The number of carbonyl (C=O) groups is 3. The molecule has 0 unspecified atom stereocenters. The zero-order valence-corrected chi connectivity index (χ0v) is 18.2. The highest BCUT2D eigenvalue weighted by Gasteiger charge is 2.14. The van der Waals surface area contributed by atoms with Gasteiger partial charge in [-0.05, 0) is 56.0 Å². The van der Waals surface area contributed by atoms with E-state index in [4.69, 9.17) is 4.74 Å². The van der Waals surface area contributed by atoms with E-state index in [0.29, 0.717) is 11.3 Å². The number of nitrogens with one attached hydrogen (secondary N) is 3. The van der Waals surface area contributed by atoms with Crippen molar-refractivity contribution in [2.45, 2.75) is 40.2 Å². The molecule has 3 N–H and O–H groups in total. The molecule has 0 bridgehead atoms. The normalized spacial score (nSPS) is 11.6. The predicted octanol–water partition coefficient (Wildman–Crippen LogP) is 2.69. The number of nitrogens with zero attached hydrogens (tertiary/aromatic N) is 1. The highest BCUT2D eigenvalue weighted by Crippen LogP contribution is 2.19. The monoisotopic (exact) mass is 424 g/mol. The molecule has 0 fully saturated rings. The van der Waals surface area contributed by atoms with Gasteiger partial charge in [0.05, 0.1) is 6.21 Å². The summed E-state index contributed by atoms with van der Waals surface area (Å²) in [6, 6.07) is 12.6. The van der Waals surface area contributed by atoms with Crippen LogP contribution in [0.1, 0.15) is 37.0 Å². The molecule has 0 aliphatic carbocycles. The van der Waals surface area contributed by atoms with E-state index in [-0.39, 0.29) is 18.6 Å². The Morgan fingerprint density at radius 1 is 1.06 bits per heavy atom. The number of hydrazone groups is 1. The maximum absolute atomic E-state index is 12.2.